The first kappa shape index (κ1) is 89.2. The molecule has 14 aromatic heterocycles. The number of hydrogen-bond acceptors (Lipinski definition) is 34. The molecule has 0 radical (unpaired) electrons. The zero-order valence-electron chi connectivity index (χ0n) is 70.7. The van der Waals surface area contributed by atoms with Crippen molar-refractivity contribution >= 4 is 162 Å². The number of aryl methyl sites for hydroxylation is 1. The summed E-state index contributed by atoms with van der Waals surface area (Å²) in [5.74, 6) is 2.89. The fourth-order valence-electron chi connectivity index (χ4n) is 16.2. The van der Waals surface area contributed by atoms with E-state index in [0.717, 1.165) is 112 Å². The van der Waals surface area contributed by atoms with Crippen LogP contribution in [0.4, 0.5) is 35.3 Å². The van der Waals surface area contributed by atoms with Crippen LogP contribution in [0.3, 0.4) is 0 Å². The summed E-state index contributed by atoms with van der Waals surface area (Å²) < 4.78 is 116. The van der Waals surface area contributed by atoms with Crippen LogP contribution < -0.4 is 21.3 Å². The second-order valence-electron chi connectivity index (χ2n) is 32.5. The van der Waals surface area contributed by atoms with E-state index in [1.807, 2.05) is 102 Å². The van der Waals surface area contributed by atoms with Crippen molar-refractivity contribution in [2.45, 2.75) is 133 Å². The molecule has 0 spiro atoms. The molecule has 129 heavy (non-hydrogen) atoms. The van der Waals surface area contributed by atoms with Gasteiger partial charge in [-0.3, -0.25) is 28.4 Å². The third-order valence-electron chi connectivity index (χ3n) is 23.7. The lowest BCUT2D eigenvalue weighted by Gasteiger charge is -2.47. The average Bonchev–Trinajstić information content (AvgIpc) is 1.71. The number of fused-ring (bicyclic) bond motifs is 4. The molecule has 4 N–H and O–H groups in total. The van der Waals surface area contributed by atoms with Gasteiger partial charge in [0.25, 0.3) is 0 Å². The lowest BCUT2D eigenvalue weighted by atomic mass is 9.89. The Morgan fingerprint density at radius 2 is 0.721 bits per heavy atom. The Kier molecular flexibility index (Phi) is 25.0. The lowest BCUT2D eigenvalue weighted by molar-refractivity contribution is 0.0719. The number of nitrogens with one attached hydrogen (secondary N) is 4. The van der Waals surface area contributed by atoms with Gasteiger partial charge >= 0.3 is 0 Å². The van der Waals surface area contributed by atoms with Gasteiger partial charge in [0.15, 0.2) is 5.82 Å². The van der Waals surface area contributed by atoms with Crippen LogP contribution in [0.15, 0.2) is 132 Å². The minimum Gasteiger partial charge on any atom is -0.351 e. The smallest absolute Gasteiger partial charge is 0.229 e. The van der Waals surface area contributed by atoms with Crippen LogP contribution >= 0.6 is 45.3 Å². The Morgan fingerprint density at radius 3 is 1.02 bits per heavy atom. The van der Waals surface area contributed by atoms with Gasteiger partial charge < -0.3 is 21.3 Å². The Labute approximate surface area is 759 Å². The second kappa shape index (κ2) is 36.2. The van der Waals surface area contributed by atoms with E-state index in [1.165, 1.54) is 59.2 Å². The van der Waals surface area contributed by atoms with Gasteiger partial charge in [0.1, 0.15) is 22.2 Å². The van der Waals surface area contributed by atoms with E-state index in [2.05, 4.69) is 91.0 Å². The molecule has 2 saturated carbocycles. The van der Waals surface area contributed by atoms with Gasteiger partial charge in [-0.2, -0.15) is 63.8 Å². The van der Waals surface area contributed by atoms with Gasteiger partial charge in [0, 0.05) is 137 Å². The Balaban J connectivity index is 0.000000121. The van der Waals surface area contributed by atoms with Crippen molar-refractivity contribution in [3.8, 4) is 69.3 Å². The highest BCUT2D eigenvalue weighted by Crippen LogP contribution is 2.44. The highest BCUT2D eigenvalue weighted by Gasteiger charge is 2.54. The molecule has 0 bridgehead atoms. The summed E-state index contributed by atoms with van der Waals surface area (Å²) in [5.41, 5.74) is 7.73. The largest absolute Gasteiger partial charge is 0.351 e. The molecule has 39 nitrogen and oxygen atoms in total. The Bertz CT molecular complexity index is 7160. The number of rotatable bonds is 28. The Hall–Kier alpha value is -11.8. The molecule has 6 fully saturated rings. The quantitative estimate of drug-likeness (QED) is 0.0354. The van der Waals surface area contributed by atoms with Gasteiger partial charge in [-0.1, -0.05) is 19.3 Å². The summed E-state index contributed by atoms with van der Waals surface area (Å²) in [6, 6.07) is 23.0. The van der Waals surface area contributed by atoms with E-state index >= 15 is 0 Å². The number of pyridine rings is 1. The van der Waals surface area contributed by atoms with Crippen molar-refractivity contribution in [2.75, 3.05) is 96.6 Å². The summed E-state index contributed by atoms with van der Waals surface area (Å²) in [4.78, 5) is 41.6. The van der Waals surface area contributed by atoms with Crippen molar-refractivity contribution in [3.05, 3.63) is 132 Å². The molecule has 668 valence electrons. The van der Waals surface area contributed by atoms with E-state index in [0.29, 0.717) is 47.4 Å². The minimum atomic E-state index is -3.31. The van der Waals surface area contributed by atoms with E-state index < -0.39 is 62.2 Å². The maximum atomic E-state index is 12.2. The van der Waals surface area contributed by atoms with Gasteiger partial charge in [0.05, 0.1) is 173 Å². The summed E-state index contributed by atoms with van der Waals surface area (Å²) in [6.45, 7) is 8.41. The maximum absolute atomic E-state index is 12.2. The fourth-order valence-corrected chi connectivity index (χ4v) is 24.5. The van der Waals surface area contributed by atoms with Gasteiger partial charge in [0.2, 0.25) is 63.9 Å². The molecule has 20 rings (SSSR count). The van der Waals surface area contributed by atoms with Crippen molar-refractivity contribution in [3.63, 3.8) is 0 Å². The minimum absolute atomic E-state index is 0.0311. The molecule has 4 aliphatic heterocycles. The van der Waals surface area contributed by atoms with Crippen molar-refractivity contribution < 1.29 is 33.7 Å². The lowest BCUT2D eigenvalue weighted by Crippen LogP contribution is -2.64. The number of hydrogen-bond donors (Lipinski definition) is 4. The predicted octanol–water partition coefficient (Wildman–Crippen LogP) is 11.3. The Morgan fingerprint density at radius 1 is 0.403 bits per heavy atom. The number of thiophene rings is 4. The van der Waals surface area contributed by atoms with Crippen LogP contribution in [0.5, 0.6) is 0 Å². The highest BCUT2D eigenvalue weighted by atomic mass is 32.2. The van der Waals surface area contributed by atoms with E-state index in [-0.39, 0.29) is 101 Å². The molecule has 0 unspecified atom stereocenters. The first-order valence-corrected chi connectivity index (χ1v) is 51.7. The number of nitriles is 4. The van der Waals surface area contributed by atoms with Crippen LogP contribution in [-0.4, -0.2) is 232 Å². The molecule has 18 heterocycles. The maximum Gasteiger partial charge on any atom is 0.229 e. The molecule has 4 saturated heterocycles. The summed E-state index contributed by atoms with van der Waals surface area (Å²) in [6.07, 6.45) is 28.5. The zero-order chi connectivity index (χ0) is 90.3. The van der Waals surface area contributed by atoms with Crippen molar-refractivity contribution in [1.29, 1.82) is 21.0 Å². The molecule has 47 heteroatoms. The summed E-state index contributed by atoms with van der Waals surface area (Å²) in [5, 5.41) is 81.1. The molecule has 6 aliphatic rings. The van der Waals surface area contributed by atoms with Crippen molar-refractivity contribution in [1.82, 2.24) is 111 Å². The zero-order valence-corrected chi connectivity index (χ0v) is 77.3. The molecule has 0 amide bonds. The van der Waals surface area contributed by atoms with Crippen LogP contribution in [-0.2, 0) is 69.3 Å². The highest BCUT2D eigenvalue weighted by molar-refractivity contribution is 7.89. The van der Waals surface area contributed by atoms with Crippen LogP contribution in [0.25, 0.3) is 85.9 Å². The summed E-state index contributed by atoms with van der Waals surface area (Å²) in [7, 11) is -11.4. The van der Waals surface area contributed by atoms with Gasteiger partial charge in [-0.05, 0) is 111 Å². The van der Waals surface area contributed by atoms with Crippen molar-refractivity contribution in [2.24, 2.45) is 7.05 Å². The van der Waals surface area contributed by atoms with Crippen LogP contribution in [0.2, 0.25) is 0 Å². The normalized spacial score (nSPS) is 17.4. The standard InChI is InChI=1S/C22H27N7O2S2.C21H20N8O2S2.C20H21N9O2S2.C19H21N7O2S2/c1-2-33(30,31)28-14-22(15-28,9-10-23)29-13-16(12-24-29)19-20-18(8-11-32-20)26-21(27-19)25-17-6-4-3-5-7-17;1-2-33(30,31)28-13-21(14-28,6-7-22)29-12-15(10-24-29)18-19-17(5-9-32-19)26-20(27-18)25-16-4-3-8-23-11-16;1-3-33(30,31)28-12-20(13-28,6-7-21)29-11-14(10-22-29)17-18-15(5-9-32-18)23-19(25-17)24-16-4-8-27(2)26-16;1-2-30(27,28)25-11-19(12-25,6-7-20)26-10-13(9-21-26)16-17-15(5-8-29-17)23-18(24-16)22-14-3-4-14/h8,11-13,17H,2-7,9,14-15H2,1H3,(H,25,26,27);3-5,8-12H,2,6,13-14H2,1H3,(H,25,26,27);4-5,8-11H,3,6,12-13H2,1-2H3,(H,23,24,25,26);5,8-10,14H,2-4,6,11-12H2,1H3,(H,22,23,24). The van der Waals surface area contributed by atoms with Gasteiger partial charge in [-0.25, -0.2) is 73.5 Å². The van der Waals surface area contributed by atoms with Crippen LogP contribution in [0, 0.1) is 45.3 Å². The SMILES string of the molecule is CCS(=O)(=O)N1CC(CC#N)(n2cc(-c3nc(NC4CC4)nc4ccsc34)cn2)C1.CCS(=O)(=O)N1CC(CC#N)(n2cc(-c3nc(NC4CCCCC4)nc4ccsc34)cn2)C1.CCS(=O)(=O)N1CC(CC#N)(n2cc(-c3nc(Nc4cccnc4)nc4ccsc34)cn2)C1.CCS(=O)(=O)N1CC(CC#N)(n2cc(-c3nc(Nc4ccn(C)n4)nc4ccsc34)cn2)C1. The van der Waals surface area contributed by atoms with Gasteiger partial charge in [-0.15, -0.1) is 45.3 Å². The third-order valence-corrected chi connectivity index (χ3v) is 34.5. The van der Waals surface area contributed by atoms with E-state index in [1.54, 1.807) is 111 Å². The molecular weight excluding hydrogens is 1800 g/mol. The molecule has 2 aliphatic carbocycles. The third kappa shape index (κ3) is 18.2. The monoisotopic (exact) mass is 1890 g/mol. The molecule has 0 aromatic carbocycles. The number of anilines is 6. The molecular formula is C82H89N31O8S8. The molecule has 0 atom stereocenters. The summed E-state index contributed by atoms with van der Waals surface area (Å²) >= 11 is 6.23. The average molecular weight is 1890 g/mol. The topological polar surface area (TPSA) is 498 Å². The first-order valence-electron chi connectivity index (χ1n) is 41.7. The van der Waals surface area contributed by atoms with Crippen LogP contribution in [0.1, 0.15) is 98.3 Å². The van der Waals surface area contributed by atoms with E-state index in [9.17, 15) is 54.7 Å². The predicted molar refractivity (Wildman–Crippen MR) is 493 cm³/mol. The number of nitrogens with zero attached hydrogens (tertiary/aromatic N) is 27. The number of sulfonamides is 4. The second-order valence-corrected chi connectivity index (χ2v) is 45.2. The first-order chi connectivity index (χ1) is 62.1. The number of aromatic nitrogens is 19. The van der Waals surface area contributed by atoms with E-state index in [4.69, 9.17) is 24.9 Å². The molecule has 14 aromatic rings. The fraction of sp³-hybridized carbons (Fsp3) is 0.415.